The number of halogens is 1. The third-order valence-electron chi connectivity index (χ3n) is 3.77. The van der Waals surface area contributed by atoms with Crippen molar-refractivity contribution in [2.45, 2.75) is 32.7 Å². The van der Waals surface area contributed by atoms with Gasteiger partial charge in [0.2, 0.25) is 0 Å². The van der Waals surface area contributed by atoms with Crippen LogP contribution in [0.5, 0.6) is 0 Å². The van der Waals surface area contributed by atoms with Gasteiger partial charge in [-0.15, -0.1) is 11.3 Å². The minimum Gasteiger partial charge on any atom is -0.312 e. The number of hydrogen-bond donors (Lipinski definition) is 1. The summed E-state index contributed by atoms with van der Waals surface area (Å²) in [6.07, 6.45) is 4.09. The van der Waals surface area contributed by atoms with Gasteiger partial charge in [0.15, 0.2) is 0 Å². The summed E-state index contributed by atoms with van der Waals surface area (Å²) in [4.78, 5) is 5.25. The molecule has 0 amide bonds. The smallest absolute Gasteiger partial charge is 0.0314 e. The van der Waals surface area contributed by atoms with E-state index >= 15 is 0 Å². The number of piperidine rings is 1. The van der Waals surface area contributed by atoms with Gasteiger partial charge in [-0.05, 0) is 80.8 Å². The second kappa shape index (κ2) is 7.04. The molecule has 1 aliphatic heterocycles. The largest absolute Gasteiger partial charge is 0.312 e. The van der Waals surface area contributed by atoms with Gasteiger partial charge in [-0.3, -0.25) is 0 Å². The van der Waals surface area contributed by atoms with Crippen molar-refractivity contribution >= 4 is 27.3 Å². The van der Waals surface area contributed by atoms with Crippen LogP contribution in [0, 0.1) is 12.8 Å². The lowest BCUT2D eigenvalue weighted by atomic mass is 9.94. The fourth-order valence-electron chi connectivity index (χ4n) is 2.47. The SMILES string of the molecule is Cc1sc(CNCCC2CCN(C)CC2)cc1Br. The van der Waals surface area contributed by atoms with Crippen molar-refractivity contribution in [1.29, 1.82) is 0 Å². The van der Waals surface area contributed by atoms with E-state index in [1.165, 1.54) is 46.6 Å². The molecule has 2 nitrogen and oxygen atoms in total. The Balaban J connectivity index is 1.61. The van der Waals surface area contributed by atoms with Gasteiger partial charge in [-0.1, -0.05) is 0 Å². The summed E-state index contributed by atoms with van der Waals surface area (Å²) >= 11 is 5.46. The molecule has 0 bridgehead atoms. The minimum absolute atomic E-state index is 0.936. The summed E-state index contributed by atoms with van der Waals surface area (Å²) in [5.74, 6) is 0.936. The third kappa shape index (κ3) is 4.34. The van der Waals surface area contributed by atoms with Gasteiger partial charge in [0, 0.05) is 20.8 Å². The Hall–Kier alpha value is 0.100. The summed E-state index contributed by atoms with van der Waals surface area (Å²) < 4.78 is 1.25. The summed E-state index contributed by atoms with van der Waals surface area (Å²) in [6.45, 7) is 6.90. The highest BCUT2D eigenvalue weighted by molar-refractivity contribution is 9.10. The van der Waals surface area contributed by atoms with Crippen LogP contribution in [0.4, 0.5) is 0 Å². The van der Waals surface area contributed by atoms with Crippen LogP contribution in [0.15, 0.2) is 10.5 Å². The van der Waals surface area contributed by atoms with Crippen molar-refractivity contribution in [3.05, 3.63) is 20.3 Å². The van der Waals surface area contributed by atoms with Crippen molar-refractivity contribution in [3.63, 3.8) is 0 Å². The van der Waals surface area contributed by atoms with E-state index in [1.807, 2.05) is 11.3 Å². The van der Waals surface area contributed by atoms with Gasteiger partial charge in [0.25, 0.3) is 0 Å². The van der Waals surface area contributed by atoms with E-state index in [-0.39, 0.29) is 0 Å². The molecule has 102 valence electrons. The third-order valence-corrected chi connectivity index (χ3v) is 5.91. The second-order valence-electron chi connectivity index (χ2n) is 5.33. The lowest BCUT2D eigenvalue weighted by molar-refractivity contribution is 0.211. The fraction of sp³-hybridized carbons (Fsp3) is 0.714. The molecule has 1 aromatic heterocycles. The topological polar surface area (TPSA) is 15.3 Å². The first-order valence-electron chi connectivity index (χ1n) is 6.79. The van der Waals surface area contributed by atoms with Crippen molar-refractivity contribution in [2.75, 3.05) is 26.7 Å². The fourth-order valence-corrected chi connectivity index (χ4v) is 4.04. The molecule has 4 heteroatoms. The quantitative estimate of drug-likeness (QED) is 0.829. The number of nitrogens with one attached hydrogen (secondary N) is 1. The molecule has 0 saturated carbocycles. The highest BCUT2D eigenvalue weighted by atomic mass is 79.9. The van der Waals surface area contributed by atoms with Crippen LogP contribution in [-0.2, 0) is 6.54 Å². The molecule has 1 saturated heterocycles. The molecule has 0 aromatic carbocycles. The van der Waals surface area contributed by atoms with Gasteiger partial charge in [0.1, 0.15) is 0 Å². The van der Waals surface area contributed by atoms with Crippen molar-refractivity contribution < 1.29 is 0 Å². The standard InChI is InChI=1S/C14H23BrN2S/c1-11-14(15)9-13(18-11)10-16-6-3-12-4-7-17(2)8-5-12/h9,12,16H,3-8,10H2,1-2H3. The predicted molar refractivity (Wildman–Crippen MR) is 83.3 cm³/mol. The zero-order valence-electron chi connectivity index (χ0n) is 11.3. The van der Waals surface area contributed by atoms with Gasteiger partial charge >= 0.3 is 0 Å². The van der Waals surface area contributed by atoms with E-state index in [4.69, 9.17) is 0 Å². The molecule has 0 atom stereocenters. The van der Waals surface area contributed by atoms with Crippen LogP contribution in [0.1, 0.15) is 29.0 Å². The molecule has 2 heterocycles. The average molecular weight is 331 g/mol. The van der Waals surface area contributed by atoms with Crippen LogP contribution >= 0.6 is 27.3 Å². The van der Waals surface area contributed by atoms with E-state index in [1.54, 1.807) is 0 Å². The van der Waals surface area contributed by atoms with Gasteiger partial charge in [-0.25, -0.2) is 0 Å². The maximum absolute atomic E-state index is 3.58. The highest BCUT2D eigenvalue weighted by Gasteiger charge is 2.15. The average Bonchev–Trinajstić information content (AvgIpc) is 2.67. The monoisotopic (exact) mass is 330 g/mol. The first-order valence-corrected chi connectivity index (χ1v) is 8.40. The highest BCUT2D eigenvalue weighted by Crippen LogP contribution is 2.26. The molecule has 1 fully saturated rings. The van der Waals surface area contributed by atoms with Crippen LogP contribution in [-0.4, -0.2) is 31.6 Å². The van der Waals surface area contributed by atoms with Crippen molar-refractivity contribution in [2.24, 2.45) is 5.92 Å². The van der Waals surface area contributed by atoms with E-state index in [0.29, 0.717) is 0 Å². The van der Waals surface area contributed by atoms with E-state index in [2.05, 4.69) is 46.2 Å². The van der Waals surface area contributed by atoms with E-state index in [9.17, 15) is 0 Å². The summed E-state index contributed by atoms with van der Waals surface area (Å²) in [7, 11) is 2.23. The zero-order valence-corrected chi connectivity index (χ0v) is 13.7. The Bertz CT molecular complexity index is 350. The van der Waals surface area contributed by atoms with Crippen LogP contribution in [0.25, 0.3) is 0 Å². The van der Waals surface area contributed by atoms with Crippen molar-refractivity contribution in [1.82, 2.24) is 10.2 Å². The number of aryl methyl sites for hydroxylation is 1. The van der Waals surface area contributed by atoms with Gasteiger partial charge in [-0.2, -0.15) is 0 Å². The first-order chi connectivity index (χ1) is 8.65. The Morgan fingerprint density at radius 3 is 2.78 bits per heavy atom. The lowest BCUT2D eigenvalue weighted by Crippen LogP contribution is -2.31. The second-order valence-corrected chi connectivity index (χ2v) is 7.52. The molecular weight excluding hydrogens is 308 g/mol. The number of rotatable bonds is 5. The van der Waals surface area contributed by atoms with Crippen LogP contribution in [0.2, 0.25) is 0 Å². The maximum Gasteiger partial charge on any atom is 0.0314 e. The van der Waals surface area contributed by atoms with Gasteiger partial charge < -0.3 is 10.2 Å². The molecule has 0 spiro atoms. The Morgan fingerprint density at radius 1 is 1.44 bits per heavy atom. The normalized spacial score (nSPS) is 18.4. The summed E-state index contributed by atoms with van der Waals surface area (Å²) in [5.41, 5.74) is 0. The molecule has 2 rings (SSSR count). The summed E-state index contributed by atoms with van der Waals surface area (Å²) in [5, 5.41) is 3.58. The van der Waals surface area contributed by atoms with Gasteiger partial charge in [0.05, 0.1) is 0 Å². The van der Waals surface area contributed by atoms with E-state index in [0.717, 1.165) is 19.0 Å². The molecule has 0 radical (unpaired) electrons. The van der Waals surface area contributed by atoms with Crippen molar-refractivity contribution in [3.8, 4) is 0 Å². The first kappa shape index (κ1) is 14.5. The number of likely N-dealkylation sites (tertiary alicyclic amines) is 1. The Morgan fingerprint density at radius 2 is 2.17 bits per heavy atom. The number of hydrogen-bond acceptors (Lipinski definition) is 3. The Kier molecular flexibility index (Phi) is 5.67. The predicted octanol–water partition coefficient (Wildman–Crippen LogP) is 3.64. The minimum atomic E-state index is 0.936. The summed E-state index contributed by atoms with van der Waals surface area (Å²) in [6, 6.07) is 2.24. The number of nitrogens with zero attached hydrogens (tertiary/aromatic N) is 1. The number of thiophene rings is 1. The molecule has 1 aliphatic rings. The Labute approximate surface area is 123 Å². The molecular formula is C14H23BrN2S. The molecule has 0 aliphatic carbocycles. The molecule has 1 N–H and O–H groups in total. The van der Waals surface area contributed by atoms with E-state index < -0.39 is 0 Å². The van der Waals surface area contributed by atoms with Crippen LogP contribution in [0.3, 0.4) is 0 Å². The zero-order chi connectivity index (χ0) is 13.0. The molecule has 0 unspecified atom stereocenters. The lowest BCUT2D eigenvalue weighted by Gasteiger charge is -2.28. The maximum atomic E-state index is 3.58. The molecule has 18 heavy (non-hydrogen) atoms. The van der Waals surface area contributed by atoms with Crippen LogP contribution < -0.4 is 5.32 Å². The molecule has 1 aromatic rings.